The van der Waals surface area contributed by atoms with E-state index in [2.05, 4.69) is 19.9 Å². The van der Waals surface area contributed by atoms with E-state index in [9.17, 15) is 0 Å². The summed E-state index contributed by atoms with van der Waals surface area (Å²) in [5.41, 5.74) is 11.3. The van der Waals surface area contributed by atoms with E-state index in [1.54, 1.807) is 53.4 Å². The molecule has 0 radical (unpaired) electrons. The van der Waals surface area contributed by atoms with Crippen molar-refractivity contribution in [2.45, 2.75) is 12.8 Å². The quantitative estimate of drug-likeness (QED) is 0.101. The van der Waals surface area contributed by atoms with Gasteiger partial charge in [0.25, 0.3) is 0 Å². The van der Waals surface area contributed by atoms with E-state index in [4.69, 9.17) is 64.6 Å². The molecule has 0 aliphatic carbocycles. The molecule has 16 heteroatoms. The number of hydrogen-bond acceptors (Lipinski definition) is 14. The number of nitrogens with two attached hydrogens (primary N) is 2. The van der Waals surface area contributed by atoms with Gasteiger partial charge in [0.2, 0.25) is 11.9 Å². The summed E-state index contributed by atoms with van der Waals surface area (Å²) in [4.78, 5) is 19.9. The van der Waals surface area contributed by atoms with Crippen molar-refractivity contribution in [2.75, 3.05) is 73.9 Å². The number of aliphatic hydroxyl groups is 4. The highest BCUT2D eigenvalue weighted by molar-refractivity contribution is 6.30. The van der Waals surface area contributed by atoms with Crippen LogP contribution in [0.2, 0.25) is 10.0 Å². The number of hydrogen-bond donors (Lipinski definition) is 6. The summed E-state index contributed by atoms with van der Waals surface area (Å²) in [6.07, 6.45) is 4.09. The van der Waals surface area contributed by atoms with Crippen LogP contribution in [0.3, 0.4) is 0 Å². The first-order valence-corrected chi connectivity index (χ1v) is 15.1. The van der Waals surface area contributed by atoms with E-state index < -0.39 is 0 Å². The molecule has 0 atom stereocenters. The Morgan fingerprint density at radius 3 is 1.28 bits per heavy atom. The fraction of sp³-hybridized carbons (Fsp3) is 0.333. The smallest absolute Gasteiger partial charge is 0.222 e. The number of nitrogen functional groups attached to an aromatic ring is 2. The lowest BCUT2D eigenvalue weighted by molar-refractivity contribution is 0.280. The molecule has 248 valence electrons. The maximum atomic E-state index is 9.15. The van der Waals surface area contributed by atoms with E-state index in [1.165, 1.54) is 12.4 Å². The maximum Gasteiger partial charge on any atom is 0.222 e. The molecule has 2 heterocycles. The van der Waals surface area contributed by atoms with Gasteiger partial charge in [0.15, 0.2) is 23.1 Å². The average Bonchev–Trinajstić information content (AvgIpc) is 3.05. The van der Waals surface area contributed by atoms with Crippen molar-refractivity contribution in [2.24, 2.45) is 0 Å². The minimum absolute atomic E-state index is 0.0591. The van der Waals surface area contributed by atoms with Crippen LogP contribution in [0.15, 0.2) is 60.9 Å². The van der Waals surface area contributed by atoms with Crippen LogP contribution in [0.5, 0.6) is 23.0 Å². The fourth-order valence-corrected chi connectivity index (χ4v) is 4.27. The number of rotatable bonds is 16. The minimum Gasteiger partial charge on any atom is -0.452 e. The zero-order valence-electron chi connectivity index (χ0n) is 25.0. The van der Waals surface area contributed by atoms with Gasteiger partial charge in [-0.25, -0.2) is 9.97 Å². The van der Waals surface area contributed by atoms with Gasteiger partial charge in [-0.15, -0.1) is 0 Å². The second kappa shape index (κ2) is 19.4. The summed E-state index contributed by atoms with van der Waals surface area (Å²) >= 11 is 11.7. The van der Waals surface area contributed by atoms with E-state index in [-0.39, 0.29) is 51.4 Å². The minimum atomic E-state index is -0.0930. The summed E-state index contributed by atoms with van der Waals surface area (Å²) in [5.74, 6) is 3.13. The molecule has 0 saturated carbocycles. The Balaban J connectivity index is 0.000000251. The number of nitrogens with zero attached hydrogens (tertiary/aromatic N) is 6. The van der Waals surface area contributed by atoms with E-state index >= 15 is 0 Å². The number of benzene rings is 2. The summed E-state index contributed by atoms with van der Waals surface area (Å²) in [7, 11) is 0. The Kier molecular flexibility index (Phi) is 15.3. The van der Waals surface area contributed by atoms with Gasteiger partial charge in [-0.2, -0.15) is 9.97 Å². The van der Waals surface area contributed by atoms with Crippen LogP contribution in [0, 0.1) is 0 Å². The molecule has 2 aromatic carbocycles. The number of aliphatic hydroxyl groups excluding tert-OH is 4. The van der Waals surface area contributed by atoms with Crippen LogP contribution in [-0.2, 0) is 0 Å². The lowest BCUT2D eigenvalue weighted by atomic mass is 10.3. The van der Waals surface area contributed by atoms with Crippen molar-refractivity contribution < 1.29 is 29.9 Å². The van der Waals surface area contributed by atoms with Crippen molar-refractivity contribution in [1.29, 1.82) is 0 Å². The molecule has 0 bridgehead atoms. The number of halogens is 2. The monoisotopic (exact) mass is 676 g/mol. The topological polar surface area (TPSA) is 209 Å². The summed E-state index contributed by atoms with van der Waals surface area (Å²) in [5, 5.41) is 37.7. The Morgan fingerprint density at radius 1 is 0.565 bits per heavy atom. The van der Waals surface area contributed by atoms with Gasteiger partial charge in [-0.3, -0.25) is 0 Å². The summed E-state index contributed by atoms with van der Waals surface area (Å²) in [6, 6.07) is 13.8. The maximum absolute atomic E-state index is 9.15. The molecular weight excluding hydrogens is 639 g/mol. The molecule has 0 unspecified atom stereocenters. The molecular formula is C30H38Cl2N8O6. The molecule has 0 fully saturated rings. The van der Waals surface area contributed by atoms with Gasteiger partial charge in [-0.1, -0.05) is 23.2 Å². The molecule has 0 amide bonds. The number of ether oxygens (including phenoxy) is 2. The van der Waals surface area contributed by atoms with Crippen LogP contribution in [0.25, 0.3) is 0 Å². The van der Waals surface area contributed by atoms with Crippen LogP contribution in [-0.4, -0.2) is 93.0 Å². The third kappa shape index (κ3) is 11.6. The van der Waals surface area contributed by atoms with Gasteiger partial charge in [0.1, 0.15) is 11.5 Å². The Morgan fingerprint density at radius 2 is 0.935 bits per heavy atom. The first-order valence-electron chi connectivity index (χ1n) is 14.3. The van der Waals surface area contributed by atoms with Crippen LogP contribution in [0.4, 0.5) is 23.5 Å². The van der Waals surface area contributed by atoms with Gasteiger partial charge in [0.05, 0.1) is 25.6 Å². The Labute approximate surface area is 276 Å². The predicted octanol–water partition coefficient (Wildman–Crippen LogP) is 3.37. The predicted molar refractivity (Wildman–Crippen MR) is 178 cm³/mol. The molecule has 4 rings (SSSR count). The standard InChI is InChI=1S/C16H21ClN4O3.C14H17ClN4O3/c17-12-3-5-13(6-4-12)24-14-11-19-16(18)20-15(14)21(7-1-9-22)8-2-10-23;15-10-1-3-11(4-2-10)22-12-9-17-14(16)18-13(12)19(5-7-20)6-8-21/h3-6,11,22-23H,1-2,7-10H2,(H2,18,19,20);1-4,9,20-21H,5-8H2,(H2,16,17,18). The van der Waals surface area contributed by atoms with Crippen molar-refractivity contribution in [3.63, 3.8) is 0 Å². The van der Waals surface area contributed by atoms with E-state index in [0.29, 0.717) is 70.6 Å². The Hall–Kier alpha value is -4.18. The van der Waals surface area contributed by atoms with Crippen LogP contribution >= 0.6 is 23.2 Å². The molecule has 0 spiro atoms. The first kappa shape index (κ1) is 36.3. The molecule has 2 aromatic heterocycles. The van der Waals surface area contributed by atoms with Crippen LogP contribution in [0.1, 0.15) is 12.8 Å². The SMILES string of the molecule is Nc1ncc(Oc2ccc(Cl)cc2)c(N(CCCO)CCCO)n1.Nc1ncc(Oc2ccc(Cl)cc2)c(N(CCO)CCO)n1. The molecule has 4 aromatic rings. The molecule has 0 saturated heterocycles. The zero-order valence-corrected chi connectivity index (χ0v) is 26.6. The third-order valence-electron chi connectivity index (χ3n) is 6.10. The fourth-order valence-electron chi connectivity index (χ4n) is 4.02. The highest BCUT2D eigenvalue weighted by Crippen LogP contribution is 2.32. The highest BCUT2D eigenvalue weighted by atomic mass is 35.5. The normalized spacial score (nSPS) is 10.6. The van der Waals surface area contributed by atoms with E-state index in [1.807, 2.05) is 4.90 Å². The highest BCUT2D eigenvalue weighted by Gasteiger charge is 2.17. The molecule has 0 aliphatic rings. The van der Waals surface area contributed by atoms with E-state index in [0.717, 1.165) is 0 Å². The Bertz CT molecular complexity index is 1460. The number of aromatic nitrogens is 4. The van der Waals surface area contributed by atoms with Crippen molar-refractivity contribution in [3.8, 4) is 23.0 Å². The second-order valence-electron chi connectivity index (χ2n) is 9.52. The summed E-state index contributed by atoms with van der Waals surface area (Å²) in [6.45, 7) is 1.62. The van der Waals surface area contributed by atoms with Gasteiger partial charge >= 0.3 is 0 Å². The number of anilines is 4. The zero-order chi connectivity index (χ0) is 33.3. The van der Waals surface area contributed by atoms with Gasteiger partial charge < -0.3 is 51.2 Å². The lowest BCUT2D eigenvalue weighted by Crippen LogP contribution is -2.31. The van der Waals surface area contributed by atoms with Crippen molar-refractivity contribution >= 4 is 46.7 Å². The third-order valence-corrected chi connectivity index (χ3v) is 6.61. The molecule has 8 N–H and O–H groups in total. The van der Waals surface area contributed by atoms with Crippen molar-refractivity contribution in [1.82, 2.24) is 19.9 Å². The molecule has 14 nitrogen and oxygen atoms in total. The second-order valence-corrected chi connectivity index (χ2v) is 10.4. The largest absolute Gasteiger partial charge is 0.452 e. The van der Waals surface area contributed by atoms with Crippen molar-refractivity contribution in [3.05, 3.63) is 71.0 Å². The summed E-state index contributed by atoms with van der Waals surface area (Å²) < 4.78 is 11.6. The van der Waals surface area contributed by atoms with Crippen LogP contribution < -0.4 is 30.7 Å². The van der Waals surface area contributed by atoms with Gasteiger partial charge in [0, 0.05) is 49.4 Å². The van der Waals surface area contributed by atoms with Gasteiger partial charge in [-0.05, 0) is 61.4 Å². The first-order chi connectivity index (χ1) is 22.3. The average molecular weight is 678 g/mol. The molecule has 46 heavy (non-hydrogen) atoms. The molecule has 0 aliphatic heterocycles. The lowest BCUT2D eigenvalue weighted by Gasteiger charge is -2.25.